The normalized spacial score (nSPS) is 16.9. The second-order valence-electron chi connectivity index (χ2n) is 6.91. The Hall–Kier alpha value is -1.85. The first-order valence-corrected chi connectivity index (χ1v) is 10.6. The van der Waals surface area contributed by atoms with Gasteiger partial charge in [0.15, 0.2) is 0 Å². The van der Waals surface area contributed by atoms with Gasteiger partial charge in [-0.15, -0.1) is 11.8 Å². The highest BCUT2D eigenvalue weighted by atomic mass is 32.2. The highest BCUT2D eigenvalue weighted by Crippen LogP contribution is 2.37. The van der Waals surface area contributed by atoms with Gasteiger partial charge in [-0.25, -0.2) is 4.39 Å². The van der Waals surface area contributed by atoms with Crippen molar-refractivity contribution >= 4 is 17.7 Å². The molecule has 1 aliphatic heterocycles. The molecule has 0 saturated carbocycles. The summed E-state index contributed by atoms with van der Waals surface area (Å²) in [4.78, 5) is 17.2. The minimum absolute atomic E-state index is 0.0112. The lowest BCUT2D eigenvalue weighted by atomic mass is 10.2. The van der Waals surface area contributed by atoms with E-state index in [1.54, 1.807) is 23.9 Å². The van der Waals surface area contributed by atoms with Gasteiger partial charge in [-0.2, -0.15) is 0 Å². The summed E-state index contributed by atoms with van der Waals surface area (Å²) in [5.74, 6) is 0.830. The lowest BCUT2D eigenvalue weighted by Gasteiger charge is -2.28. The van der Waals surface area contributed by atoms with Crippen molar-refractivity contribution in [2.24, 2.45) is 0 Å². The monoisotopic (exact) mass is 386 g/mol. The van der Waals surface area contributed by atoms with Crippen molar-refractivity contribution in [1.29, 1.82) is 0 Å². The Morgan fingerprint density at radius 2 is 1.93 bits per heavy atom. The van der Waals surface area contributed by atoms with Gasteiger partial charge in [0, 0.05) is 18.8 Å². The molecule has 0 unspecified atom stereocenters. The van der Waals surface area contributed by atoms with E-state index in [-0.39, 0.29) is 17.1 Å². The quantitative estimate of drug-likeness (QED) is 0.657. The summed E-state index contributed by atoms with van der Waals surface area (Å²) < 4.78 is 13.2. The van der Waals surface area contributed by atoms with E-state index in [2.05, 4.69) is 24.0 Å². The van der Waals surface area contributed by atoms with Gasteiger partial charge in [0.05, 0.1) is 6.54 Å². The topological polar surface area (TPSA) is 23.6 Å². The molecular formula is C22H27FN2OS. The third kappa shape index (κ3) is 5.56. The summed E-state index contributed by atoms with van der Waals surface area (Å²) in [7, 11) is 0. The number of amides is 1. The first kappa shape index (κ1) is 19.9. The Bertz CT molecular complexity index is 723. The molecule has 2 aromatic rings. The molecule has 1 saturated heterocycles. The van der Waals surface area contributed by atoms with Crippen LogP contribution in [-0.2, 0) is 11.3 Å². The highest BCUT2D eigenvalue weighted by molar-refractivity contribution is 7.99. The predicted molar refractivity (Wildman–Crippen MR) is 110 cm³/mol. The Labute approximate surface area is 165 Å². The van der Waals surface area contributed by atoms with Crippen molar-refractivity contribution in [2.75, 3.05) is 25.4 Å². The number of benzene rings is 2. The second kappa shape index (κ2) is 9.90. The van der Waals surface area contributed by atoms with E-state index >= 15 is 0 Å². The number of unbranched alkanes of at least 4 members (excludes halogenated alkanes) is 1. The molecule has 3 rings (SSSR count). The summed E-state index contributed by atoms with van der Waals surface area (Å²) in [6.07, 6.45) is 2.19. The van der Waals surface area contributed by atoms with Crippen molar-refractivity contribution < 1.29 is 9.18 Å². The van der Waals surface area contributed by atoms with E-state index in [9.17, 15) is 9.18 Å². The zero-order valence-corrected chi connectivity index (χ0v) is 16.6. The van der Waals surface area contributed by atoms with Gasteiger partial charge in [0.2, 0.25) is 5.91 Å². The Kier molecular flexibility index (Phi) is 7.30. The fourth-order valence-electron chi connectivity index (χ4n) is 3.35. The molecule has 5 heteroatoms. The molecule has 1 fully saturated rings. The number of thioether (sulfide) groups is 1. The third-order valence-electron chi connectivity index (χ3n) is 4.80. The molecule has 0 bridgehead atoms. The van der Waals surface area contributed by atoms with Gasteiger partial charge in [-0.3, -0.25) is 9.69 Å². The van der Waals surface area contributed by atoms with E-state index in [4.69, 9.17) is 0 Å². The molecule has 144 valence electrons. The van der Waals surface area contributed by atoms with Crippen LogP contribution in [0.25, 0.3) is 0 Å². The van der Waals surface area contributed by atoms with Gasteiger partial charge in [0.1, 0.15) is 11.2 Å². The molecule has 2 aromatic carbocycles. The average molecular weight is 387 g/mol. The standard InChI is InChI=1S/C22H27FN2OS/c1-2-3-13-24(16-18-7-5-4-6-8-18)17-21(26)25-14-15-27-22(25)19-9-11-20(23)12-10-19/h4-12,22H,2-3,13-17H2,1H3/t22-/m1/s1. The number of carbonyl (C=O) groups excluding carboxylic acids is 1. The number of hydrogen-bond acceptors (Lipinski definition) is 3. The van der Waals surface area contributed by atoms with Crippen molar-refractivity contribution in [1.82, 2.24) is 9.80 Å². The fraction of sp³-hybridized carbons (Fsp3) is 0.409. The van der Waals surface area contributed by atoms with Crippen molar-refractivity contribution in [3.8, 4) is 0 Å². The van der Waals surface area contributed by atoms with Crippen LogP contribution in [0.15, 0.2) is 54.6 Å². The van der Waals surface area contributed by atoms with Gasteiger partial charge in [-0.05, 0) is 36.2 Å². The molecule has 27 heavy (non-hydrogen) atoms. The number of hydrogen-bond donors (Lipinski definition) is 0. The zero-order chi connectivity index (χ0) is 19.1. The third-order valence-corrected chi connectivity index (χ3v) is 6.06. The summed E-state index contributed by atoms with van der Waals surface area (Å²) in [6, 6.07) is 16.8. The Morgan fingerprint density at radius 1 is 1.19 bits per heavy atom. The predicted octanol–water partition coefficient (Wildman–Crippen LogP) is 4.70. The van der Waals surface area contributed by atoms with Gasteiger partial charge in [-0.1, -0.05) is 55.8 Å². The summed E-state index contributed by atoms with van der Waals surface area (Å²) in [6.45, 7) is 5.05. The molecule has 3 nitrogen and oxygen atoms in total. The smallest absolute Gasteiger partial charge is 0.237 e. The summed E-state index contributed by atoms with van der Waals surface area (Å²) in [5.41, 5.74) is 2.22. The molecular weight excluding hydrogens is 359 g/mol. The average Bonchev–Trinajstić information content (AvgIpc) is 3.17. The number of halogens is 1. The van der Waals surface area contributed by atoms with Crippen molar-refractivity contribution in [3.63, 3.8) is 0 Å². The molecule has 0 aliphatic carbocycles. The van der Waals surface area contributed by atoms with Crippen LogP contribution in [-0.4, -0.2) is 41.1 Å². The largest absolute Gasteiger partial charge is 0.325 e. The van der Waals surface area contributed by atoms with Crippen LogP contribution in [0, 0.1) is 5.82 Å². The van der Waals surface area contributed by atoms with Gasteiger partial charge >= 0.3 is 0 Å². The summed E-state index contributed by atoms with van der Waals surface area (Å²) in [5, 5.41) is -0.0112. The number of rotatable bonds is 8. The lowest BCUT2D eigenvalue weighted by Crippen LogP contribution is -2.40. The maximum Gasteiger partial charge on any atom is 0.237 e. The van der Waals surface area contributed by atoms with Gasteiger partial charge < -0.3 is 4.90 Å². The molecule has 1 amide bonds. The maximum absolute atomic E-state index is 13.2. The van der Waals surface area contributed by atoms with Crippen LogP contribution in [0.1, 0.15) is 36.3 Å². The molecule has 1 heterocycles. The van der Waals surface area contributed by atoms with Gasteiger partial charge in [0.25, 0.3) is 0 Å². The van der Waals surface area contributed by atoms with Crippen molar-refractivity contribution in [2.45, 2.75) is 31.7 Å². The zero-order valence-electron chi connectivity index (χ0n) is 15.8. The Balaban J connectivity index is 1.67. The SMILES string of the molecule is CCCCN(CC(=O)N1CCS[C@@H]1c1ccc(F)cc1)Cc1ccccc1. The van der Waals surface area contributed by atoms with E-state index in [1.807, 2.05) is 23.1 Å². The lowest BCUT2D eigenvalue weighted by molar-refractivity contribution is -0.132. The van der Waals surface area contributed by atoms with Crippen LogP contribution in [0.5, 0.6) is 0 Å². The molecule has 0 N–H and O–H groups in total. The fourth-order valence-corrected chi connectivity index (χ4v) is 4.63. The van der Waals surface area contributed by atoms with Crippen LogP contribution < -0.4 is 0 Å². The Morgan fingerprint density at radius 3 is 2.63 bits per heavy atom. The van der Waals surface area contributed by atoms with Crippen LogP contribution in [0.2, 0.25) is 0 Å². The minimum Gasteiger partial charge on any atom is -0.325 e. The number of nitrogens with zero attached hydrogens (tertiary/aromatic N) is 2. The van der Waals surface area contributed by atoms with Crippen LogP contribution >= 0.6 is 11.8 Å². The first-order valence-electron chi connectivity index (χ1n) is 9.60. The molecule has 0 aromatic heterocycles. The van der Waals surface area contributed by atoms with Crippen molar-refractivity contribution in [3.05, 3.63) is 71.5 Å². The minimum atomic E-state index is -0.242. The number of carbonyl (C=O) groups is 1. The van der Waals surface area contributed by atoms with E-state index in [0.717, 1.165) is 43.8 Å². The molecule has 0 radical (unpaired) electrons. The molecule has 0 spiro atoms. The first-order chi connectivity index (χ1) is 13.2. The highest BCUT2D eigenvalue weighted by Gasteiger charge is 2.31. The molecule has 1 aliphatic rings. The van der Waals surface area contributed by atoms with E-state index in [0.29, 0.717) is 6.54 Å². The van der Waals surface area contributed by atoms with E-state index < -0.39 is 0 Å². The maximum atomic E-state index is 13.2. The van der Waals surface area contributed by atoms with Crippen LogP contribution in [0.4, 0.5) is 4.39 Å². The second-order valence-corrected chi connectivity index (χ2v) is 8.10. The summed E-state index contributed by atoms with van der Waals surface area (Å²) >= 11 is 1.75. The van der Waals surface area contributed by atoms with E-state index in [1.165, 1.54) is 17.7 Å². The molecule has 1 atom stereocenters. The van der Waals surface area contributed by atoms with Crippen LogP contribution in [0.3, 0.4) is 0 Å².